The molecule has 1 fully saturated rings. The van der Waals surface area contributed by atoms with Gasteiger partial charge in [0.1, 0.15) is 0 Å². The fourth-order valence-corrected chi connectivity index (χ4v) is 2.22. The molecule has 5 heteroatoms. The van der Waals surface area contributed by atoms with Gasteiger partial charge in [0.25, 0.3) is 0 Å². The fraction of sp³-hybridized carbons (Fsp3) is 1.00. The van der Waals surface area contributed by atoms with E-state index in [1.54, 1.807) is 0 Å². The van der Waals surface area contributed by atoms with Crippen molar-refractivity contribution in [1.29, 1.82) is 0 Å². The first-order valence-corrected chi connectivity index (χ1v) is 5.33. The molecular formula is C8H11BrF4. The van der Waals surface area contributed by atoms with Crippen LogP contribution in [0.1, 0.15) is 25.7 Å². The second kappa shape index (κ2) is 3.75. The molecular weight excluding hydrogens is 252 g/mol. The Bertz CT molecular complexity index is 169. The van der Waals surface area contributed by atoms with Crippen LogP contribution in [0.5, 0.6) is 0 Å². The Morgan fingerprint density at radius 1 is 1.23 bits per heavy atom. The standard InChI is InChI=1S/C8H11BrF4/c9-5-6-1-3-7(10,4-2-6)8(11,12)13/h6H,1-5H2. The molecule has 0 aromatic heterocycles. The third-order valence-corrected chi connectivity index (χ3v) is 3.54. The lowest BCUT2D eigenvalue weighted by atomic mass is 9.80. The van der Waals surface area contributed by atoms with Crippen molar-refractivity contribution in [3.8, 4) is 0 Å². The van der Waals surface area contributed by atoms with Gasteiger partial charge < -0.3 is 0 Å². The van der Waals surface area contributed by atoms with Crippen LogP contribution in [-0.2, 0) is 0 Å². The summed E-state index contributed by atoms with van der Waals surface area (Å²) in [7, 11) is 0. The topological polar surface area (TPSA) is 0 Å². The van der Waals surface area contributed by atoms with E-state index in [1.807, 2.05) is 0 Å². The van der Waals surface area contributed by atoms with E-state index in [9.17, 15) is 17.6 Å². The number of hydrogen-bond acceptors (Lipinski definition) is 0. The lowest BCUT2D eigenvalue weighted by molar-refractivity contribution is -0.241. The molecule has 1 rings (SSSR count). The Morgan fingerprint density at radius 2 is 1.69 bits per heavy atom. The average molecular weight is 263 g/mol. The summed E-state index contributed by atoms with van der Waals surface area (Å²) < 4.78 is 49.8. The summed E-state index contributed by atoms with van der Waals surface area (Å²) in [6.07, 6.45) is -4.81. The Labute approximate surface area is 82.8 Å². The predicted molar refractivity (Wildman–Crippen MR) is 45.6 cm³/mol. The highest BCUT2D eigenvalue weighted by molar-refractivity contribution is 9.09. The molecule has 0 heterocycles. The minimum Gasteiger partial charge on any atom is -0.234 e. The van der Waals surface area contributed by atoms with Gasteiger partial charge in [-0.15, -0.1) is 0 Å². The van der Waals surface area contributed by atoms with E-state index in [0.717, 1.165) is 0 Å². The van der Waals surface area contributed by atoms with Crippen molar-refractivity contribution < 1.29 is 17.6 Å². The lowest BCUT2D eigenvalue weighted by Crippen LogP contribution is -2.44. The van der Waals surface area contributed by atoms with Crippen molar-refractivity contribution in [1.82, 2.24) is 0 Å². The smallest absolute Gasteiger partial charge is 0.234 e. The molecule has 0 nitrogen and oxygen atoms in total. The van der Waals surface area contributed by atoms with Crippen LogP contribution in [0.3, 0.4) is 0 Å². The van der Waals surface area contributed by atoms with Crippen LogP contribution in [-0.4, -0.2) is 17.2 Å². The van der Waals surface area contributed by atoms with E-state index < -0.39 is 11.8 Å². The number of rotatable bonds is 1. The van der Waals surface area contributed by atoms with Gasteiger partial charge in [-0.1, -0.05) is 15.9 Å². The fourth-order valence-electron chi connectivity index (χ4n) is 1.57. The predicted octanol–water partition coefficient (Wildman–Crippen LogP) is 3.84. The van der Waals surface area contributed by atoms with E-state index >= 15 is 0 Å². The van der Waals surface area contributed by atoms with Gasteiger partial charge in [0.05, 0.1) is 0 Å². The molecule has 0 radical (unpaired) electrons. The zero-order chi connectivity index (χ0) is 10.1. The zero-order valence-corrected chi connectivity index (χ0v) is 8.59. The van der Waals surface area contributed by atoms with Crippen LogP contribution >= 0.6 is 15.9 Å². The highest BCUT2D eigenvalue weighted by Crippen LogP contribution is 2.46. The molecule has 78 valence electrons. The first-order chi connectivity index (χ1) is 5.89. The van der Waals surface area contributed by atoms with Crippen LogP contribution in [0, 0.1) is 5.92 Å². The molecule has 0 spiro atoms. The van der Waals surface area contributed by atoms with E-state index in [0.29, 0.717) is 18.2 Å². The van der Waals surface area contributed by atoms with Crippen LogP contribution in [0.2, 0.25) is 0 Å². The normalized spacial score (nSPS) is 36.2. The first-order valence-electron chi connectivity index (χ1n) is 4.21. The minimum absolute atomic E-state index is 0.200. The van der Waals surface area contributed by atoms with Crippen LogP contribution in [0.4, 0.5) is 17.6 Å². The van der Waals surface area contributed by atoms with E-state index in [2.05, 4.69) is 15.9 Å². The molecule has 0 aromatic carbocycles. The third kappa shape index (κ3) is 2.36. The second-order valence-electron chi connectivity index (χ2n) is 3.56. The molecule has 1 saturated carbocycles. The maximum Gasteiger partial charge on any atom is 0.422 e. The second-order valence-corrected chi connectivity index (χ2v) is 4.21. The molecule has 0 N–H and O–H groups in total. The van der Waals surface area contributed by atoms with Crippen LogP contribution < -0.4 is 0 Å². The quantitative estimate of drug-likeness (QED) is 0.498. The Hall–Kier alpha value is 0.200. The highest BCUT2D eigenvalue weighted by Gasteiger charge is 2.56. The van der Waals surface area contributed by atoms with Gasteiger partial charge in [-0.05, 0) is 31.6 Å². The number of halogens is 5. The Balaban J connectivity index is 2.57. The van der Waals surface area contributed by atoms with Gasteiger partial charge in [0.2, 0.25) is 5.67 Å². The molecule has 1 aliphatic rings. The van der Waals surface area contributed by atoms with Crippen LogP contribution in [0.25, 0.3) is 0 Å². The first kappa shape index (κ1) is 11.3. The number of alkyl halides is 5. The van der Waals surface area contributed by atoms with Crippen molar-refractivity contribution in [3.63, 3.8) is 0 Å². The number of hydrogen-bond donors (Lipinski definition) is 0. The minimum atomic E-state index is -4.69. The summed E-state index contributed by atoms with van der Waals surface area (Å²) in [6.45, 7) is 0. The zero-order valence-electron chi connectivity index (χ0n) is 7.00. The van der Waals surface area contributed by atoms with Crippen molar-refractivity contribution in [3.05, 3.63) is 0 Å². The molecule has 0 bridgehead atoms. The van der Waals surface area contributed by atoms with Gasteiger partial charge in [0.15, 0.2) is 0 Å². The average Bonchev–Trinajstić information content (AvgIpc) is 2.04. The molecule has 0 saturated heterocycles. The summed E-state index contributed by atoms with van der Waals surface area (Å²) in [6, 6.07) is 0. The molecule has 0 aromatic rings. The van der Waals surface area contributed by atoms with Gasteiger partial charge in [-0.25, -0.2) is 4.39 Å². The summed E-state index contributed by atoms with van der Waals surface area (Å²) in [5.41, 5.74) is -2.92. The maximum absolute atomic E-state index is 13.2. The largest absolute Gasteiger partial charge is 0.422 e. The van der Waals surface area contributed by atoms with E-state index in [-0.39, 0.29) is 18.8 Å². The SMILES string of the molecule is FC(F)(F)C1(F)CCC(CBr)CC1. The summed E-state index contributed by atoms with van der Waals surface area (Å²) in [5, 5.41) is 0.668. The monoisotopic (exact) mass is 262 g/mol. The highest BCUT2D eigenvalue weighted by atomic mass is 79.9. The van der Waals surface area contributed by atoms with Gasteiger partial charge in [-0.2, -0.15) is 13.2 Å². The Morgan fingerprint density at radius 3 is 2.00 bits per heavy atom. The third-order valence-electron chi connectivity index (χ3n) is 2.62. The Kier molecular flexibility index (Phi) is 3.25. The van der Waals surface area contributed by atoms with Crippen molar-refractivity contribution in [2.45, 2.75) is 37.5 Å². The molecule has 13 heavy (non-hydrogen) atoms. The van der Waals surface area contributed by atoms with E-state index in [4.69, 9.17) is 0 Å². The lowest BCUT2D eigenvalue weighted by Gasteiger charge is -2.34. The summed E-state index contributed by atoms with van der Waals surface area (Å²) in [4.78, 5) is 0. The molecule has 0 aliphatic heterocycles. The molecule has 0 amide bonds. The summed E-state index contributed by atoms with van der Waals surface area (Å²) in [5.74, 6) is 0.200. The molecule has 0 unspecified atom stereocenters. The summed E-state index contributed by atoms with van der Waals surface area (Å²) >= 11 is 3.20. The van der Waals surface area contributed by atoms with E-state index in [1.165, 1.54) is 0 Å². The van der Waals surface area contributed by atoms with Crippen molar-refractivity contribution in [2.75, 3.05) is 5.33 Å². The van der Waals surface area contributed by atoms with Crippen molar-refractivity contribution in [2.24, 2.45) is 5.92 Å². The van der Waals surface area contributed by atoms with Gasteiger partial charge in [-0.3, -0.25) is 0 Å². The van der Waals surface area contributed by atoms with Crippen molar-refractivity contribution >= 4 is 15.9 Å². The van der Waals surface area contributed by atoms with Crippen LogP contribution in [0.15, 0.2) is 0 Å². The van der Waals surface area contributed by atoms with Gasteiger partial charge in [0, 0.05) is 5.33 Å². The maximum atomic E-state index is 13.2. The molecule has 0 atom stereocenters. The van der Waals surface area contributed by atoms with Gasteiger partial charge >= 0.3 is 6.18 Å². The molecule has 1 aliphatic carbocycles.